The summed E-state index contributed by atoms with van der Waals surface area (Å²) in [5.74, 6) is 1.42. The third-order valence-electron chi connectivity index (χ3n) is 3.87. The van der Waals surface area contributed by atoms with E-state index in [4.69, 9.17) is 16.2 Å². The van der Waals surface area contributed by atoms with Gasteiger partial charge in [-0.2, -0.15) is 0 Å². The smallest absolute Gasteiger partial charge is 0.0468 e. The zero-order valence-corrected chi connectivity index (χ0v) is 8.82. The van der Waals surface area contributed by atoms with Gasteiger partial charge in [-0.15, -0.1) is 0 Å². The normalized spacial score (nSPS) is 41.1. The van der Waals surface area contributed by atoms with Gasteiger partial charge in [0.25, 0.3) is 0 Å². The molecule has 0 spiro atoms. The predicted octanol–water partition coefficient (Wildman–Crippen LogP) is 0.868. The molecule has 0 amide bonds. The molecule has 0 aromatic rings. The van der Waals surface area contributed by atoms with E-state index in [1.807, 2.05) is 0 Å². The Labute approximate surface area is 86.2 Å². The van der Waals surface area contributed by atoms with Gasteiger partial charge in [0.05, 0.1) is 0 Å². The van der Waals surface area contributed by atoms with E-state index in [2.05, 4.69) is 0 Å². The zero-order chi connectivity index (χ0) is 9.97. The molecule has 0 radical (unpaired) electrons. The number of ether oxygens (including phenoxy) is 1. The maximum atomic E-state index is 6.18. The highest BCUT2D eigenvalue weighted by Gasteiger charge is 2.33. The van der Waals surface area contributed by atoms with Gasteiger partial charge in [-0.25, -0.2) is 0 Å². The lowest BCUT2D eigenvalue weighted by Gasteiger charge is -2.39. The molecule has 14 heavy (non-hydrogen) atoms. The number of rotatable bonds is 1. The molecule has 3 unspecified atom stereocenters. The minimum Gasteiger partial charge on any atom is -0.381 e. The molecule has 4 N–H and O–H groups in total. The second kappa shape index (κ2) is 4.60. The summed E-state index contributed by atoms with van der Waals surface area (Å²) in [4.78, 5) is 0. The zero-order valence-electron chi connectivity index (χ0n) is 8.82. The second-order valence-corrected chi connectivity index (χ2v) is 4.85. The van der Waals surface area contributed by atoms with Crippen molar-refractivity contribution in [2.75, 3.05) is 13.2 Å². The van der Waals surface area contributed by atoms with E-state index >= 15 is 0 Å². The van der Waals surface area contributed by atoms with Gasteiger partial charge in [0.2, 0.25) is 0 Å². The van der Waals surface area contributed by atoms with E-state index in [1.165, 1.54) is 12.8 Å². The standard InChI is InChI=1S/C11H22N2O/c12-9-1-2-11(13)10(7-9)8-3-5-14-6-4-8/h8-11H,1-7,12-13H2. The third kappa shape index (κ3) is 2.27. The summed E-state index contributed by atoms with van der Waals surface area (Å²) in [6, 6.07) is 0.778. The quantitative estimate of drug-likeness (QED) is 0.657. The summed E-state index contributed by atoms with van der Waals surface area (Å²) in [5, 5.41) is 0. The molecule has 2 fully saturated rings. The Balaban J connectivity index is 1.92. The van der Waals surface area contributed by atoms with Gasteiger partial charge in [0.15, 0.2) is 0 Å². The molecular weight excluding hydrogens is 176 g/mol. The van der Waals surface area contributed by atoms with E-state index in [-0.39, 0.29) is 0 Å². The van der Waals surface area contributed by atoms with Crippen LogP contribution in [0.2, 0.25) is 0 Å². The van der Waals surface area contributed by atoms with Crippen LogP contribution in [0.25, 0.3) is 0 Å². The minimum absolute atomic E-state index is 0.387. The van der Waals surface area contributed by atoms with Crippen LogP contribution in [0, 0.1) is 11.8 Å². The van der Waals surface area contributed by atoms with Crippen LogP contribution in [-0.4, -0.2) is 25.3 Å². The number of nitrogens with two attached hydrogens (primary N) is 2. The first kappa shape index (κ1) is 10.4. The Morgan fingerprint density at radius 2 is 1.64 bits per heavy atom. The van der Waals surface area contributed by atoms with Crippen LogP contribution in [-0.2, 0) is 4.74 Å². The monoisotopic (exact) mass is 198 g/mol. The lowest BCUT2D eigenvalue weighted by molar-refractivity contribution is 0.0324. The van der Waals surface area contributed by atoms with Crippen molar-refractivity contribution in [1.29, 1.82) is 0 Å². The molecule has 1 aliphatic heterocycles. The first-order chi connectivity index (χ1) is 6.77. The van der Waals surface area contributed by atoms with Gasteiger partial charge in [-0.05, 0) is 43.9 Å². The highest BCUT2D eigenvalue weighted by molar-refractivity contribution is 4.88. The largest absolute Gasteiger partial charge is 0.381 e. The fourth-order valence-electron chi connectivity index (χ4n) is 2.95. The Bertz CT molecular complexity index is 180. The summed E-state index contributed by atoms with van der Waals surface area (Å²) in [6.45, 7) is 1.84. The number of hydrogen-bond donors (Lipinski definition) is 2. The molecule has 82 valence electrons. The SMILES string of the molecule is NC1CCC(N)C(C2CCOCC2)C1. The van der Waals surface area contributed by atoms with E-state index in [0.717, 1.165) is 38.4 Å². The topological polar surface area (TPSA) is 61.3 Å². The maximum absolute atomic E-state index is 6.18. The summed E-state index contributed by atoms with van der Waals surface area (Å²) in [5.41, 5.74) is 12.2. The van der Waals surface area contributed by atoms with Crippen molar-refractivity contribution in [2.24, 2.45) is 23.3 Å². The van der Waals surface area contributed by atoms with Crippen molar-refractivity contribution < 1.29 is 4.74 Å². The van der Waals surface area contributed by atoms with Crippen LogP contribution < -0.4 is 11.5 Å². The van der Waals surface area contributed by atoms with Gasteiger partial charge >= 0.3 is 0 Å². The lowest BCUT2D eigenvalue weighted by Crippen LogP contribution is -2.45. The van der Waals surface area contributed by atoms with Crippen molar-refractivity contribution in [3.63, 3.8) is 0 Å². The number of hydrogen-bond acceptors (Lipinski definition) is 3. The van der Waals surface area contributed by atoms with Crippen molar-refractivity contribution in [3.8, 4) is 0 Å². The molecule has 0 bridgehead atoms. The average molecular weight is 198 g/mol. The molecule has 1 heterocycles. The second-order valence-electron chi connectivity index (χ2n) is 4.85. The van der Waals surface area contributed by atoms with Gasteiger partial charge in [-0.1, -0.05) is 0 Å². The molecule has 2 rings (SSSR count). The third-order valence-corrected chi connectivity index (χ3v) is 3.87. The molecule has 0 aromatic carbocycles. The fourth-order valence-corrected chi connectivity index (χ4v) is 2.95. The van der Waals surface area contributed by atoms with Crippen LogP contribution in [0.15, 0.2) is 0 Å². The van der Waals surface area contributed by atoms with Crippen LogP contribution in [0.4, 0.5) is 0 Å². The van der Waals surface area contributed by atoms with Gasteiger partial charge < -0.3 is 16.2 Å². The summed E-state index contributed by atoms with van der Waals surface area (Å²) >= 11 is 0. The highest BCUT2D eigenvalue weighted by Crippen LogP contribution is 2.34. The van der Waals surface area contributed by atoms with Crippen LogP contribution in [0.1, 0.15) is 32.1 Å². The molecule has 1 saturated heterocycles. The van der Waals surface area contributed by atoms with Crippen LogP contribution >= 0.6 is 0 Å². The van der Waals surface area contributed by atoms with E-state index in [1.54, 1.807) is 0 Å². The van der Waals surface area contributed by atoms with E-state index in [0.29, 0.717) is 18.0 Å². The summed E-state index contributed by atoms with van der Waals surface area (Å²) in [7, 11) is 0. The molecular formula is C11H22N2O. The minimum atomic E-state index is 0.387. The Morgan fingerprint density at radius 1 is 0.929 bits per heavy atom. The van der Waals surface area contributed by atoms with Crippen LogP contribution in [0.3, 0.4) is 0 Å². The Hall–Kier alpha value is -0.120. The van der Waals surface area contributed by atoms with Crippen molar-refractivity contribution in [2.45, 2.75) is 44.2 Å². The summed E-state index contributed by atoms with van der Waals surface area (Å²) < 4.78 is 5.38. The molecule has 0 aromatic heterocycles. The first-order valence-electron chi connectivity index (χ1n) is 5.86. The fraction of sp³-hybridized carbons (Fsp3) is 1.00. The van der Waals surface area contributed by atoms with Crippen molar-refractivity contribution >= 4 is 0 Å². The Kier molecular flexibility index (Phi) is 3.42. The van der Waals surface area contributed by atoms with Crippen molar-refractivity contribution in [3.05, 3.63) is 0 Å². The maximum Gasteiger partial charge on any atom is 0.0468 e. The lowest BCUT2D eigenvalue weighted by atomic mass is 9.72. The van der Waals surface area contributed by atoms with Crippen molar-refractivity contribution in [1.82, 2.24) is 0 Å². The molecule has 2 aliphatic rings. The molecule has 3 heteroatoms. The van der Waals surface area contributed by atoms with Gasteiger partial charge in [0.1, 0.15) is 0 Å². The molecule has 1 aliphatic carbocycles. The average Bonchev–Trinajstić information content (AvgIpc) is 2.23. The van der Waals surface area contributed by atoms with Gasteiger partial charge in [-0.3, -0.25) is 0 Å². The molecule has 3 nitrogen and oxygen atoms in total. The predicted molar refractivity (Wildman–Crippen MR) is 56.8 cm³/mol. The van der Waals surface area contributed by atoms with Crippen LogP contribution in [0.5, 0.6) is 0 Å². The Morgan fingerprint density at radius 3 is 2.36 bits per heavy atom. The highest BCUT2D eigenvalue weighted by atomic mass is 16.5. The van der Waals surface area contributed by atoms with E-state index in [9.17, 15) is 0 Å². The van der Waals surface area contributed by atoms with Gasteiger partial charge in [0, 0.05) is 25.3 Å². The molecule has 3 atom stereocenters. The first-order valence-corrected chi connectivity index (χ1v) is 5.86. The molecule has 1 saturated carbocycles. The summed E-state index contributed by atoms with van der Waals surface area (Å²) in [6.07, 6.45) is 5.73. The van der Waals surface area contributed by atoms with E-state index < -0.39 is 0 Å².